The average Bonchev–Trinajstić information content (AvgIpc) is 3.19. The van der Waals surface area contributed by atoms with Crippen LogP contribution in [0.3, 0.4) is 0 Å². The van der Waals surface area contributed by atoms with Gasteiger partial charge in [-0.05, 0) is 54.5 Å². The van der Waals surface area contributed by atoms with Gasteiger partial charge in [-0.2, -0.15) is 10.5 Å². The third-order valence-corrected chi connectivity index (χ3v) is 8.58. The Kier molecular flexibility index (Phi) is 8.56. The molecule has 0 spiro atoms. The van der Waals surface area contributed by atoms with Gasteiger partial charge in [-0.1, -0.05) is 27.7 Å². The van der Waals surface area contributed by atoms with Gasteiger partial charge in [0.15, 0.2) is 6.19 Å². The summed E-state index contributed by atoms with van der Waals surface area (Å²) in [6, 6.07) is 5.64. The van der Waals surface area contributed by atoms with E-state index in [0.717, 1.165) is 22.5 Å². The van der Waals surface area contributed by atoms with Gasteiger partial charge in [-0.25, -0.2) is 13.9 Å². The minimum absolute atomic E-state index is 0.0237. The lowest BCUT2D eigenvalue weighted by Crippen LogP contribution is -2.21. The van der Waals surface area contributed by atoms with Gasteiger partial charge in [0.2, 0.25) is 14.3 Å². The van der Waals surface area contributed by atoms with Crippen molar-refractivity contribution in [2.24, 2.45) is 4.36 Å². The van der Waals surface area contributed by atoms with Crippen LogP contribution in [-0.4, -0.2) is 25.3 Å². The second-order valence-electron chi connectivity index (χ2n) is 8.93. The van der Waals surface area contributed by atoms with Crippen molar-refractivity contribution < 1.29 is 19.2 Å². The second kappa shape index (κ2) is 10.6. The van der Waals surface area contributed by atoms with Crippen molar-refractivity contribution in [1.82, 2.24) is 9.71 Å². The highest BCUT2D eigenvalue weighted by Crippen LogP contribution is 2.33. The van der Waals surface area contributed by atoms with Crippen LogP contribution in [0, 0.1) is 22.8 Å². The molecule has 2 aromatic rings. The standard InChI is InChI=1S/C23H29N5O4S2/c1-13(2)16-7-15(10-24)8-17(14(3)4)18(16)9-20(30)28-34(32,26-12-25)22-27-19(11-29)21(33-22)23(5,6)31/h7-8,13-14,29,31H,9,11H2,1-6H3,(H,26,28,30,32). The van der Waals surface area contributed by atoms with Gasteiger partial charge in [-0.3, -0.25) is 4.79 Å². The number of nitrogens with one attached hydrogen (secondary N) is 1. The van der Waals surface area contributed by atoms with Crippen LogP contribution in [0.1, 0.15) is 86.2 Å². The Labute approximate surface area is 204 Å². The van der Waals surface area contributed by atoms with Gasteiger partial charge >= 0.3 is 0 Å². The Hall–Kier alpha value is -2.83. The molecule has 2 rings (SSSR count). The molecule has 0 radical (unpaired) electrons. The SMILES string of the molecule is CC(C)c1cc(C#N)cc(C(C)C)c1CC(=O)N=S(=O)(NC#N)c1nc(CO)c(C(C)(C)O)s1. The van der Waals surface area contributed by atoms with E-state index in [1.807, 2.05) is 27.7 Å². The highest BCUT2D eigenvalue weighted by atomic mass is 32.2. The molecule has 0 saturated carbocycles. The summed E-state index contributed by atoms with van der Waals surface area (Å²) in [5, 5.41) is 38.6. The second-order valence-corrected chi connectivity index (χ2v) is 12.0. The molecular formula is C23H29N5O4S2. The van der Waals surface area contributed by atoms with Crippen LogP contribution < -0.4 is 4.72 Å². The van der Waals surface area contributed by atoms with Crippen molar-refractivity contribution in [3.8, 4) is 12.3 Å². The molecule has 34 heavy (non-hydrogen) atoms. The molecule has 1 aromatic carbocycles. The van der Waals surface area contributed by atoms with Crippen LogP contribution in [0.5, 0.6) is 0 Å². The Morgan fingerprint density at radius 1 is 1.24 bits per heavy atom. The van der Waals surface area contributed by atoms with Crippen LogP contribution in [0.25, 0.3) is 0 Å². The number of nitriles is 2. The summed E-state index contributed by atoms with van der Waals surface area (Å²) in [6.07, 6.45) is 1.40. The lowest BCUT2D eigenvalue weighted by molar-refractivity contribution is -0.117. The fraction of sp³-hybridized carbons (Fsp3) is 0.478. The van der Waals surface area contributed by atoms with E-state index in [2.05, 4.69) is 20.1 Å². The van der Waals surface area contributed by atoms with Crippen molar-refractivity contribution in [1.29, 1.82) is 10.5 Å². The molecule has 1 atom stereocenters. The number of amides is 1. The maximum atomic E-state index is 13.6. The summed E-state index contributed by atoms with van der Waals surface area (Å²) in [5.74, 6) is -0.682. The lowest BCUT2D eigenvalue weighted by atomic mass is 9.85. The van der Waals surface area contributed by atoms with E-state index in [0.29, 0.717) is 11.1 Å². The zero-order valence-electron chi connectivity index (χ0n) is 20.0. The molecule has 1 amide bonds. The number of nitrogens with zero attached hydrogens (tertiary/aromatic N) is 4. The van der Waals surface area contributed by atoms with Gasteiger partial charge in [0.05, 0.1) is 40.8 Å². The first kappa shape index (κ1) is 27.4. The lowest BCUT2D eigenvalue weighted by Gasteiger charge is -2.19. The van der Waals surface area contributed by atoms with Gasteiger partial charge in [0, 0.05) is 0 Å². The maximum absolute atomic E-state index is 13.6. The third-order valence-electron chi connectivity index (χ3n) is 5.05. The van der Waals surface area contributed by atoms with Crippen molar-refractivity contribution in [2.45, 2.75) is 76.3 Å². The van der Waals surface area contributed by atoms with E-state index in [1.165, 1.54) is 13.8 Å². The Balaban J connectivity index is 2.64. The molecule has 1 aromatic heterocycles. The smallest absolute Gasteiger partial charge is 0.259 e. The number of hydrogen-bond donors (Lipinski definition) is 3. The minimum atomic E-state index is -3.79. The van der Waals surface area contributed by atoms with Gasteiger partial charge < -0.3 is 10.2 Å². The number of carbonyl (C=O) groups excluding carboxylic acids is 1. The van der Waals surface area contributed by atoms with E-state index in [1.54, 1.807) is 18.3 Å². The van der Waals surface area contributed by atoms with Crippen LogP contribution in [0.2, 0.25) is 0 Å². The Bertz CT molecular complexity index is 1250. The molecule has 182 valence electrons. The molecule has 1 heterocycles. The molecule has 0 aliphatic rings. The third kappa shape index (κ3) is 5.99. The van der Waals surface area contributed by atoms with Crippen LogP contribution in [0.15, 0.2) is 20.8 Å². The van der Waals surface area contributed by atoms with E-state index in [4.69, 9.17) is 0 Å². The fourth-order valence-corrected chi connectivity index (χ4v) is 6.21. The first-order chi connectivity index (χ1) is 15.8. The predicted octanol–water partition coefficient (Wildman–Crippen LogP) is 3.56. The number of aliphatic hydroxyl groups is 2. The monoisotopic (exact) mass is 503 g/mol. The summed E-state index contributed by atoms with van der Waals surface area (Å²) in [5.41, 5.74) is 1.57. The van der Waals surface area contributed by atoms with Crippen molar-refractivity contribution >= 4 is 27.2 Å². The summed E-state index contributed by atoms with van der Waals surface area (Å²) in [7, 11) is -3.79. The molecule has 0 bridgehead atoms. The average molecular weight is 504 g/mol. The van der Waals surface area contributed by atoms with Gasteiger partial charge in [0.1, 0.15) is 0 Å². The van der Waals surface area contributed by atoms with Crippen molar-refractivity contribution in [2.75, 3.05) is 0 Å². The topological polar surface area (TPSA) is 159 Å². The molecule has 9 nitrogen and oxygen atoms in total. The molecule has 0 aliphatic heterocycles. The van der Waals surface area contributed by atoms with Crippen LogP contribution >= 0.6 is 11.3 Å². The van der Waals surface area contributed by atoms with Crippen LogP contribution in [0.4, 0.5) is 0 Å². The van der Waals surface area contributed by atoms with Gasteiger partial charge in [0.25, 0.3) is 5.91 Å². The number of aromatic nitrogens is 1. The van der Waals surface area contributed by atoms with Crippen molar-refractivity contribution in [3.05, 3.63) is 45.0 Å². The number of benzene rings is 1. The first-order valence-electron chi connectivity index (χ1n) is 10.6. The highest BCUT2D eigenvalue weighted by molar-refractivity contribution is 7.94. The molecule has 3 N–H and O–H groups in total. The Morgan fingerprint density at radius 3 is 2.18 bits per heavy atom. The fourth-order valence-electron chi connectivity index (χ4n) is 3.54. The van der Waals surface area contributed by atoms with Crippen LogP contribution in [-0.2, 0) is 33.3 Å². The minimum Gasteiger partial charge on any atom is -0.390 e. The summed E-state index contributed by atoms with van der Waals surface area (Å²) >= 11 is 0.815. The largest absolute Gasteiger partial charge is 0.390 e. The number of hydrogen-bond acceptors (Lipinski definition) is 8. The van der Waals surface area contributed by atoms with E-state index < -0.39 is 28.0 Å². The molecule has 0 fully saturated rings. The maximum Gasteiger partial charge on any atom is 0.259 e. The summed E-state index contributed by atoms with van der Waals surface area (Å²) in [6.45, 7) is 10.3. The molecule has 1 unspecified atom stereocenters. The molecule has 0 aliphatic carbocycles. The summed E-state index contributed by atoms with van der Waals surface area (Å²) in [4.78, 5) is 17.4. The zero-order valence-corrected chi connectivity index (χ0v) is 21.7. The zero-order chi connectivity index (χ0) is 25.8. The van der Waals surface area contributed by atoms with E-state index >= 15 is 0 Å². The quantitative estimate of drug-likeness (QED) is 0.367. The van der Waals surface area contributed by atoms with Gasteiger partial charge in [-0.15, -0.1) is 15.7 Å². The number of thiazole rings is 1. The highest BCUT2D eigenvalue weighted by Gasteiger charge is 2.29. The molecular weight excluding hydrogens is 474 g/mol. The van der Waals surface area contributed by atoms with E-state index in [-0.39, 0.29) is 33.2 Å². The Morgan fingerprint density at radius 2 is 1.79 bits per heavy atom. The molecule has 0 saturated heterocycles. The number of rotatable bonds is 8. The number of carbonyl (C=O) groups is 1. The summed E-state index contributed by atoms with van der Waals surface area (Å²) < 4.78 is 19.3. The van der Waals surface area contributed by atoms with Crippen molar-refractivity contribution in [3.63, 3.8) is 0 Å². The normalized spacial score (nSPS) is 13.3. The molecule has 11 heteroatoms. The predicted molar refractivity (Wildman–Crippen MR) is 129 cm³/mol. The first-order valence-corrected chi connectivity index (χ1v) is 13.0. The number of aliphatic hydroxyl groups excluding tert-OH is 1. The van der Waals surface area contributed by atoms with E-state index in [9.17, 15) is 29.7 Å².